The van der Waals surface area contributed by atoms with Gasteiger partial charge in [0.2, 0.25) is 5.91 Å². The van der Waals surface area contributed by atoms with Gasteiger partial charge in [0, 0.05) is 73.8 Å². The molecule has 0 spiro atoms. The molecule has 47 heavy (non-hydrogen) atoms. The van der Waals surface area contributed by atoms with Crippen molar-refractivity contribution in [3.63, 3.8) is 0 Å². The molecular weight excluding hydrogens is 578 g/mol. The first kappa shape index (κ1) is 33.5. The summed E-state index contributed by atoms with van der Waals surface area (Å²) in [6, 6.07) is 15.6. The van der Waals surface area contributed by atoms with Crippen LogP contribution in [0.25, 0.3) is 0 Å². The van der Waals surface area contributed by atoms with Gasteiger partial charge >= 0.3 is 0 Å². The summed E-state index contributed by atoms with van der Waals surface area (Å²) in [5, 5.41) is 3.26. The molecule has 6 heteroatoms. The molecule has 5 N–H and O–H groups in total. The molecule has 5 heterocycles. The van der Waals surface area contributed by atoms with Crippen LogP contribution in [0.5, 0.6) is 0 Å². The summed E-state index contributed by atoms with van der Waals surface area (Å²) < 4.78 is 0. The molecule has 6 nitrogen and oxygen atoms in total. The predicted molar refractivity (Wildman–Crippen MR) is 193 cm³/mol. The van der Waals surface area contributed by atoms with Gasteiger partial charge in [0.1, 0.15) is 0 Å². The highest BCUT2D eigenvalue weighted by Gasteiger charge is 2.38. The molecule has 0 saturated heterocycles. The standard InChI is InChI=1S/C36H49N5O.C5H10/c1-33(2)24-13-14-25(38-24)34(3,4)27-17-18-29(40-27)36(7,8)32-23(20-31(42)37-21-22-11-9-10-12-22)19-30(41-32)35(5,6)28-16-15-26(33)39-28;1-2-4-5-3-1/h13-19,22,38-41H,9-12,20-21H2,1-8H3,(H,37,42);1-5H2. The van der Waals surface area contributed by atoms with Crippen molar-refractivity contribution >= 4 is 5.91 Å². The van der Waals surface area contributed by atoms with E-state index >= 15 is 0 Å². The molecule has 1 aliphatic heterocycles. The highest BCUT2D eigenvalue weighted by Crippen LogP contribution is 2.42. The van der Waals surface area contributed by atoms with Crippen LogP contribution in [0.2, 0.25) is 0 Å². The van der Waals surface area contributed by atoms with Gasteiger partial charge in [-0.2, -0.15) is 0 Å². The van der Waals surface area contributed by atoms with Crippen molar-refractivity contribution in [2.75, 3.05) is 6.54 Å². The number of carbonyl (C=O) groups is 1. The quantitative estimate of drug-likeness (QED) is 0.152. The van der Waals surface area contributed by atoms with E-state index in [-0.39, 0.29) is 27.6 Å². The summed E-state index contributed by atoms with van der Waals surface area (Å²) in [6.07, 6.45) is 12.9. The van der Waals surface area contributed by atoms with Crippen molar-refractivity contribution in [1.29, 1.82) is 0 Å². The highest BCUT2D eigenvalue weighted by molar-refractivity contribution is 5.79. The Morgan fingerprint density at radius 1 is 0.574 bits per heavy atom. The van der Waals surface area contributed by atoms with Crippen LogP contribution in [0.4, 0.5) is 0 Å². The molecule has 4 aromatic rings. The van der Waals surface area contributed by atoms with E-state index in [1.165, 1.54) is 74.9 Å². The molecule has 2 aliphatic carbocycles. The van der Waals surface area contributed by atoms with Crippen molar-refractivity contribution in [2.45, 2.75) is 141 Å². The third-order valence-electron chi connectivity index (χ3n) is 12.0. The van der Waals surface area contributed by atoms with Crippen LogP contribution in [0.15, 0.2) is 42.5 Å². The minimum absolute atomic E-state index is 0.104. The molecule has 8 bridgehead atoms. The lowest BCUT2D eigenvalue weighted by molar-refractivity contribution is -0.120. The van der Waals surface area contributed by atoms with Gasteiger partial charge in [-0.05, 0) is 122 Å². The molecule has 4 aromatic heterocycles. The van der Waals surface area contributed by atoms with Crippen LogP contribution in [-0.4, -0.2) is 32.4 Å². The maximum Gasteiger partial charge on any atom is 0.224 e. The van der Waals surface area contributed by atoms with Crippen molar-refractivity contribution in [3.8, 4) is 0 Å². The van der Waals surface area contributed by atoms with E-state index in [0.717, 1.165) is 40.6 Å². The van der Waals surface area contributed by atoms with Crippen LogP contribution in [0, 0.1) is 5.92 Å². The molecule has 0 atom stereocenters. The number of carbonyl (C=O) groups excluding carboxylic acids is 1. The number of fused-ring (bicyclic) bond motifs is 8. The van der Waals surface area contributed by atoms with Gasteiger partial charge in [0.15, 0.2) is 0 Å². The Morgan fingerprint density at radius 3 is 1.38 bits per heavy atom. The monoisotopic (exact) mass is 637 g/mol. The Balaban J connectivity index is 0.000000707. The number of aromatic amines is 4. The molecule has 3 aliphatic rings. The van der Waals surface area contributed by atoms with Crippen LogP contribution in [-0.2, 0) is 32.9 Å². The van der Waals surface area contributed by atoms with E-state index in [1.807, 2.05) is 0 Å². The Kier molecular flexibility index (Phi) is 8.95. The van der Waals surface area contributed by atoms with Crippen LogP contribution < -0.4 is 5.32 Å². The molecule has 2 fully saturated rings. The molecular formula is C41H59N5O. The normalized spacial score (nSPS) is 20.9. The van der Waals surface area contributed by atoms with Crippen LogP contribution >= 0.6 is 0 Å². The zero-order valence-corrected chi connectivity index (χ0v) is 30.3. The van der Waals surface area contributed by atoms with E-state index in [0.29, 0.717) is 12.3 Å². The largest absolute Gasteiger partial charge is 0.361 e. The smallest absolute Gasteiger partial charge is 0.224 e. The molecule has 0 unspecified atom stereocenters. The molecule has 1 amide bonds. The molecule has 0 radical (unpaired) electrons. The van der Waals surface area contributed by atoms with E-state index in [9.17, 15) is 4.79 Å². The van der Waals surface area contributed by atoms with Gasteiger partial charge in [0.25, 0.3) is 0 Å². The van der Waals surface area contributed by atoms with Crippen molar-refractivity contribution in [3.05, 3.63) is 93.6 Å². The van der Waals surface area contributed by atoms with Crippen LogP contribution in [0.1, 0.15) is 164 Å². The van der Waals surface area contributed by atoms with E-state index in [2.05, 4.69) is 123 Å². The third-order valence-corrected chi connectivity index (χ3v) is 12.0. The highest BCUT2D eigenvalue weighted by atomic mass is 16.1. The number of hydrogen-bond donors (Lipinski definition) is 5. The van der Waals surface area contributed by atoms with E-state index < -0.39 is 0 Å². The van der Waals surface area contributed by atoms with E-state index in [4.69, 9.17) is 0 Å². The zero-order chi connectivity index (χ0) is 33.6. The summed E-state index contributed by atoms with van der Waals surface area (Å²) in [5.74, 6) is 0.726. The van der Waals surface area contributed by atoms with Gasteiger partial charge < -0.3 is 25.3 Å². The van der Waals surface area contributed by atoms with Gasteiger partial charge in [-0.1, -0.05) is 44.9 Å². The maximum atomic E-state index is 13.3. The zero-order valence-electron chi connectivity index (χ0n) is 30.3. The predicted octanol–water partition coefficient (Wildman–Crippen LogP) is 9.42. The SMILES string of the molecule is C1CCCC1.CC1(C)c2ccc([nH]2)C(C)(C)c2ccc([nH]2)C(C)(C)c2[nH]c(cc2CC(=O)NCC2CCCC2)C(C)(C)c2ccc1[nH]2. The van der Waals surface area contributed by atoms with Gasteiger partial charge in [0.05, 0.1) is 6.42 Å². The first-order valence-electron chi connectivity index (χ1n) is 18.3. The maximum absolute atomic E-state index is 13.3. The van der Waals surface area contributed by atoms with Crippen molar-refractivity contribution < 1.29 is 4.79 Å². The molecule has 2 saturated carbocycles. The lowest BCUT2D eigenvalue weighted by Gasteiger charge is -2.28. The summed E-state index contributed by atoms with van der Waals surface area (Å²) in [7, 11) is 0. The molecule has 7 rings (SSSR count). The molecule has 254 valence electrons. The average Bonchev–Trinajstić information content (AvgIpc) is 3.86. The first-order valence-corrected chi connectivity index (χ1v) is 18.3. The van der Waals surface area contributed by atoms with E-state index in [1.54, 1.807) is 0 Å². The fraction of sp³-hybridized carbons (Fsp3) is 0.585. The summed E-state index contributed by atoms with van der Waals surface area (Å²) >= 11 is 0. The fourth-order valence-corrected chi connectivity index (χ4v) is 8.07. The average molecular weight is 638 g/mol. The van der Waals surface area contributed by atoms with Gasteiger partial charge in [-0.15, -0.1) is 0 Å². The second kappa shape index (κ2) is 12.6. The number of nitrogens with one attached hydrogen (secondary N) is 5. The Labute approximate surface area is 282 Å². The number of rotatable bonds is 4. The summed E-state index contributed by atoms with van der Waals surface area (Å²) in [4.78, 5) is 28.6. The van der Waals surface area contributed by atoms with Crippen LogP contribution in [0.3, 0.4) is 0 Å². The lowest BCUT2D eigenvalue weighted by atomic mass is 9.83. The Hall–Kier alpha value is -3.41. The second-order valence-electron chi connectivity index (χ2n) is 16.8. The first-order chi connectivity index (χ1) is 22.2. The second-order valence-corrected chi connectivity index (χ2v) is 16.8. The van der Waals surface area contributed by atoms with Gasteiger partial charge in [-0.3, -0.25) is 4.79 Å². The van der Waals surface area contributed by atoms with Crippen molar-refractivity contribution in [1.82, 2.24) is 25.3 Å². The number of amides is 1. The fourth-order valence-electron chi connectivity index (χ4n) is 8.07. The number of hydrogen-bond acceptors (Lipinski definition) is 1. The van der Waals surface area contributed by atoms with Gasteiger partial charge in [-0.25, -0.2) is 0 Å². The Bertz CT molecular complexity index is 1670. The molecule has 0 aromatic carbocycles. The third kappa shape index (κ3) is 6.41. The van der Waals surface area contributed by atoms with Crippen molar-refractivity contribution in [2.24, 2.45) is 5.92 Å². The lowest BCUT2D eigenvalue weighted by Crippen LogP contribution is -2.31. The number of H-pyrrole nitrogens is 4. The summed E-state index contributed by atoms with van der Waals surface area (Å²) in [5.41, 5.74) is 9.07. The minimum Gasteiger partial charge on any atom is -0.361 e. The number of aromatic nitrogens is 4. The summed E-state index contributed by atoms with van der Waals surface area (Å²) in [6.45, 7) is 18.9. The topological polar surface area (TPSA) is 92.3 Å². The minimum atomic E-state index is -0.370. The Morgan fingerprint density at radius 2 is 0.957 bits per heavy atom.